The van der Waals surface area contributed by atoms with Crippen LogP contribution in [0, 0.1) is 0 Å². The molecule has 20 heavy (non-hydrogen) atoms. The van der Waals surface area contributed by atoms with Gasteiger partial charge >= 0.3 is 5.69 Å². The van der Waals surface area contributed by atoms with Crippen molar-refractivity contribution in [3.63, 3.8) is 0 Å². The van der Waals surface area contributed by atoms with Crippen LogP contribution in [-0.4, -0.2) is 39.0 Å². The molecular weight excluding hydrogens is 286 g/mol. The Morgan fingerprint density at radius 3 is 2.60 bits per heavy atom. The molecule has 3 N–H and O–H groups in total. The number of ether oxygens (including phenoxy) is 1. The Morgan fingerprint density at radius 2 is 2.15 bits per heavy atom. The minimum atomic E-state index is -0.498. The lowest BCUT2D eigenvalue weighted by Crippen LogP contribution is -2.27. The molecule has 7 nitrogen and oxygen atoms in total. The van der Waals surface area contributed by atoms with Gasteiger partial charge in [-0.1, -0.05) is 13.8 Å². The largest absolute Gasteiger partial charge is 0.394 e. The zero-order valence-corrected chi connectivity index (χ0v) is 12.7. The summed E-state index contributed by atoms with van der Waals surface area (Å²) in [6.45, 7) is 3.95. The molecule has 1 aliphatic heterocycles. The molecule has 0 bridgehead atoms. The molecule has 0 saturated carbocycles. The third-order valence-corrected chi connectivity index (χ3v) is 2.54. The summed E-state index contributed by atoms with van der Waals surface area (Å²) in [5, 5.41) is 17.5. The van der Waals surface area contributed by atoms with Crippen LogP contribution in [0.15, 0.2) is 17.1 Å². The molecule has 2 atom stereocenters. The van der Waals surface area contributed by atoms with Gasteiger partial charge in [0.15, 0.2) is 5.82 Å². The van der Waals surface area contributed by atoms with E-state index in [1.54, 1.807) is 5.48 Å². The van der Waals surface area contributed by atoms with Gasteiger partial charge in [0.05, 0.1) is 12.7 Å². The van der Waals surface area contributed by atoms with Crippen LogP contribution in [0.25, 0.3) is 0 Å². The van der Waals surface area contributed by atoms with E-state index < -0.39 is 5.69 Å². The van der Waals surface area contributed by atoms with Gasteiger partial charge in [0.2, 0.25) is 0 Å². The number of hydrogen-bond donors (Lipinski definition) is 3. The van der Waals surface area contributed by atoms with Crippen LogP contribution in [-0.2, 0) is 4.74 Å². The van der Waals surface area contributed by atoms with E-state index in [0.717, 1.165) is 0 Å². The number of rotatable bonds is 3. The number of nitrogens with one attached hydrogen (secondary N) is 1. The Hall–Kier alpha value is -1.15. The fourth-order valence-corrected chi connectivity index (χ4v) is 1.72. The lowest BCUT2D eigenvalue weighted by atomic mass is 10.2. The van der Waals surface area contributed by atoms with Crippen molar-refractivity contribution in [2.75, 3.05) is 18.5 Å². The third-order valence-electron chi connectivity index (χ3n) is 2.54. The molecular formula is C12H22ClN3O4. The molecule has 2 heterocycles. The minimum absolute atomic E-state index is 0.0467. The minimum Gasteiger partial charge on any atom is -0.394 e. The number of halogens is 1. The van der Waals surface area contributed by atoms with E-state index in [-0.39, 0.29) is 24.8 Å². The van der Waals surface area contributed by atoms with Crippen LogP contribution in [0.2, 0.25) is 0 Å². The van der Waals surface area contributed by atoms with Crippen molar-refractivity contribution < 1.29 is 15.1 Å². The predicted molar refractivity (Wildman–Crippen MR) is 77.3 cm³/mol. The molecule has 0 aromatic carbocycles. The number of aliphatic hydroxyl groups excluding tert-OH is 1. The topological polar surface area (TPSA) is 96.6 Å². The summed E-state index contributed by atoms with van der Waals surface area (Å²) in [6, 6.07) is 1.47. The van der Waals surface area contributed by atoms with Crippen LogP contribution in [0.5, 0.6) is 0 Å². The number of nitrogens with zero attached hydrogens (tertiary/aromatic N) is 2. The first kappa shape index (κ1) is 18.9. The molecule has 0 spiro atoms. The van der Waals surface area contributed by atoms with Gasteiger partial charge in [-0.25, -0.2) is 4.79 Å². The molecule has 2 unspecified atom stereocenters. The molecule has 0 radical (unpaired) electrons. The summed E-state index contributed by atoms with van der Waals surface area (Å²) in [5.74, 6) is 0.0953. The molecule has 116 valence electrons. The quantitative estimate of drug-likeness (QED) is 0.580. The smallest absolute Gasteiger partial charge is 0.351 e. The Bertz CT molecular complexity index is 427. The number of aliphatic hydroxyl groups is 1. The first-order valence-electron chi connectivity index (χ1n) is 6.38. The maximum atomic E-state index is 11.5. The van der Waals surface area contributed by atoms with Crippen molar-refractivity contribution in [1.29, 1.82) is 0 Å². The van der Waals surface area contributed by atoms with Gasteiger partial charge < -0.3 is 9.84 Å². The third kappa shape index (κ3) is 5.09. The summed E-state index contributed by atoms with van der Waals surface area (Å²) in [7, 11) is 0. The van der Waals surface area contributed by atoms with Crippen LogP contribution in [0.3, 0.4) is 0 Å². The van der Waals surface area contributed by atoms with Crippen LogP contribution in [0.1, 0.15) is 32.9 Å². The molecule has 8 heteroatoms. The van der Waals surface area contributed by atoms with Crippen molar-refractivity contribution in [2.24, 2.45) is 0 Å². The Morgan fingerprint density at radius 1 is 1.50 bits per heavy atom. The summed E-state index contributed by atoms with van der Waals surface area (Å²) in [6.07, 6.45) is 3.75. The zero-order valence-electron chi connectivity index (χ0n) is 11.9. The number of anilines is 1. The molecule has 1 saturated heterocycles. The molecule has 1 aromatic rings. The van der Waals surface area contributed by atoms with E-state index in [2.05, 4.69) is 16.6 Å². The van der Waals surface area contributed by atoms with Gasteiger partial charge in [-0.15, -0.1) is 11.6 Å². The summed E-state index contributed by atoms with van der Waals surface area (Å²) in [5.41, 5.74) is 1.30. The van der Waals surface area contributed by atoms with E-state index in [9.17, 15) is 4.79 Å². The second-order valence-corrected chi connectivity index (χ2v) is 3.59. The molecule has 2 rings (SSSR count). The predicted octanol–water partition coefficient (Wildman–Crippen LogP) is 1.60. The second kappa shape index (κ2) is 10.6. The van der Waals surface area contributed by atoms with E-state index in [1.165, 1.54) is 23.2 Å². The highest BCUT2D eigenvalue weighted by Gasteiger charge is 2.26. The number of aromatic nitrogens is 2. The fraction of sp³-hybridized carbons (Fsp3) is 0.667. The number of hydrogen-bond acceptors (Lipinski definition) is 6. The Labute approximate surface area is 123 Å². The van der Waals surface area contributed by atoms with Crippen LogP contribution < -0.4 is 11.2 Å². The standard InChI is InChI=1S/C9H13N3O4.C2H6.CH3Cl/c13-5-6-1-2-8(16-6)12-4-3-7(11-15)10-9(12)14;2*1-2/h3-4,6,8,13,15H,1-2,5H2,(H,10,11,14);1-2H3;1H3. The van der Waals surface area contributed by atoms with Gasteiger partial charge in [-0.3, -0.25) is 15.3 Å². The first-order valence-corrected chi connectivity index (χ1v) is 7.13. The van der Waals surface area contributed by atoms with Crippen molar-refractivity contribution in [2.45, 2.75) is 39.0 Å². The van der Waals surface area contributed by atoms with Crippen molar-refractivity contribution >= 4 is 17.4 Å². The first-order chi connectivity index (χ1) is 9.74. The lowest BCUT2D eigenvalue weighted by Gasteiger charge is -2.14. The van der Waals surface area contributed by atoms with Gasteiger partial charge in [0.1, 0.15) is 6.23 Å². The van der Waals surface area contributed by atoms with Crippen molar-refractivity contribution in [3.05, 3.63) is 22.7 Å². The summed E-state index contributed by atoms with van der Waals surface area (Å²) in [4.78, 5) is 15.1. The van der Waals surface area contributed by atoms with Gasteiger partial charge in [-0.05, 0) is 18.9 Å². The molecule has 0 amide bonds. The average Bonchev–Trinajstić information content (AvgIpc) is 3.00. The average molecular weight is 308 g/mol. The van der Waals surface area contributed by atoms with Gasteiger partial charge in [0.25, 0.3) is 0 Å². The highest BCUT2D eigenvalue weighted by atomic mass is 35.5. The molecule has 1 fully saturated rings. The highest BCUT2D eigenvalue weighted by Crippen LogP contribution is 2.26. The van der Waals surface area contributed by atoms with Crippen LogP contribution in [0.4, 0.5) is 5.82 Å². The lowest BCUT2D eigenvalue weighted by molar-refractivity contribution is -0.0245. The summed E-state index contributed by atoms with van der Waals surface area (Å²) >= 11 is 4.64. The molecule has 1 aliphatic rings. The van der Waals surface area contributed by atoms with Crippen molar-refractivity contribution in [1.82, 2.24) is 9.55 Å². The van der Waals surface area contributed by atoms with E-state index in [0.29, 0.717) is 12.8 Å². The monoisotopic (exact) mass is 307 g/mol. The van der Waals surface area contributed by atoms with E-state index in [1.807, 2.05) is 13.8 Å². The molecule has 1 aromatic heterocycles. The van der Waals surface area contributed by atoms with Crippen molar-refractivity contribution in [3.8, 4) is 0 Å². The van der Waals surface area contributed by atoms with E-state index >= 15 is 0 Å². The number of alkyl halides is 1. The Balaban J connectivity index is 0.000000829. The van der Waals surface area contributed by atoms with Gasteiger partial charge in [-0.2, -0.15) is 4.98 Å². The van der Waals surface area contributed by atoms with Crippen LogP contribution >= 0.6 is 11.6 Å². The Kier molecular flexibility index (Phi) is 10.0. The molecule has 0 aliphatic carbocycles. The fourth-order valence-electron chi connectivity index (χ4n) is 1.72. The van der Waals surface area contributed by atoms with E-state index in [4.69, 9.17) is 15.1 Å². The van der Waals surface area contributed by atoms with Gasteiger partial charge in [0, 0.05) is 12.6 Å². The zero-order chi connectivity index (χ0) is 15.5. The maximum absolute atomic E-state index is 11.5. The maximum Gasteiger partial charge on any atom is 0.351 e. The highest BCUT2D eigenvalue weighted by molar-refractivity contribution is 6.15. The summed E-state index contributed by atoms with van der Waals surface area (Å²) < 4.78 is 6.78. The second-order valence-electron chi connectivity index (χ2n) is 3.59. The SMILES string of the molecule is CC.CCl.O=c1nc(NO)ccn1C1CCC(CO)O1. The normalized spacial score (nSPS) is 20.3.